The van der Waals surface area contributed by atoms with Gasteiger partial charge in [-0.25, -0.2) is 0 Å². The Bertz CT molecular complexity index is 1220. The summed E-state index contributed by atoms with van der Waals surface area (Å²) in [7, 11) is 1.43. The van der Waals surface area contributed by atoms with Crippen molar-refractivity contribution >= 4 is 23.8 Å². The first kappa shape index (κ1) is 31.6. The van der Waals surface area contributed by atoms with Crippen LogP contribution in [0.2, 0.25) is 0 Å². The zero-order chi connectivity index (χ0) is 29.7. The van der Waals surface area contributed by atoms with Crippen molar-refractivity contribution in [3.63, 3.8) is 0 Å². The minimum absolute atomic E-state index is 0.0260. The molecule has 0 aliphatic rings. The van der Waals surface area contributed by atoms with Crippen molar-refractivity contribution in [3.05, 3.63) is 58.8 Å². The van der Waals surface area contributed by atoms with E-state index in [0.29, 0.717) is 28.4 Å². The smallest absolute Gasteiger partial charge is 0.316 e. The SMILES string of the molecule is COC(=Cc1cc(C(C)C)c(OC(=O)C(C)(C)C)cc1OC(C)C)C(=O)c1ccc(OC(=O)C(C)(C)C)cc1. The van der Waals surface area contributed by atoms with Gasteiger partial charge in [-0.1, -0.05) is 13.8 Å². The van der Waals surface area contributed by atoms with Gasteiger partial charge in [0.25, 0.3) is 0 Å². The van der Waals surface area contributed by atoms with Crippen molar-refractivity contribution in [1.29, 1.82) is 0 Å². The molecule has 0 spiro atoms. The quantitative estimate of drug-likeness (QED) is 0.108. The van der Waals surface area contributed by atoms with E-state index < -0.39 is 10.8 Å². The predicted octanol–water partition coefficient (Wildman–Crippen LogP) is 7.37. The first-order chi connectivity index (χ1) is 17.9. The Morgan fingerprint density at radius 2 is 1.31 bits per heavy atom. The monoisotopic (exact) mass is 538 g/mol. The summed E-state index contributed by atoms with van der Waals surface area (Å²) in [5.41, 5.74) is 0.449. The van der Waals surface area contributed by atoms with Gasteiger partial charge in [0.2, 0.25) is 5.78 Å². The normalized spacial score (nSPS) is 12.4. The van der Waals surface area contributed by atoms with Crippen molar-refractivity contribution < 1.29 is 33.3 Å². The number of allylic oxidation sites excluding steroid dienone is 1. The van der Waals surface area contributed by atoms with Gasteiger partial charge < -0.3 is 18.9 Å². The second kappa shape index (κ2) is 12.5. The number of methoxy groups -OCH3 is 1. The molecule has 0 bridgehead atoms. The number of ketones is 1. The van der Waals surface area contributed by atoms with Gasteiger partial charge in [0.1, 0.15) is 17.2 Å². The second-order valence-electron chi connectivity index (χ2n) is 12.1. The maximum atomic E-state index is 13.3. The van der Waals surface area contributed by atoms with E-state index in [1.165, 1.54) is 7.11 Å². The number of hydrogen-bond donors (Lipinski definition) is 0. The molecule has 0 heterocycles. The summed E-state index contributed by atoms with van der Waals surface area (Å²) in [6, 6.07) is 9.87. The van der Waals surface area contributed by atoms with Crippen molar-refractivity contribution in [1.82, 2.24) is 0 Å². The minimum atomic E-state index is -0.678. The lowest BCUT2D eigenvalue weighted by Gasteiger charge is -2.22. The number of ether oxygens (including phenoxy) is 4. The Morgan fingerprint density at radius 3 is 1.77 bits per heavy atom. The molecule has 0 aliphatic carbocycles. The molecular formula is C32H42O7. The molecule has 0 radical (unpaired) electrons. The lowest BCUT2D eigenvalue weighted by molar-refractivity contribution is -0.143. The average Bonchev–Trinajstić information content (AvgIpc) is 2.81. The summed E-state index contributed by atoms with van der Waals surface area (Å²) < 4.78 is 22.7. The van der Waals surface area contributed by atoms with Gasteiger partial charge in [-0.3, -0.25) is 14.4 Å². The van der Waals surface area contributed by atoms with Crippen LogP contribution in [0.4, 0.5) is 0 Å². The largest absolute Gasteiger partial charge is 0.493 e. The highest BCUT2D eigenvalue weighted by atomic mass is 16.5. The van der Waals surface area contributed by atoms with E-state index in [0.717, 1.165) is 5.56 Å². The average molecular weight is 539 g/mol. The molecule has 2 aromatic carbocycles. The molecule has 39 heavy (non-hydrogen) atoms. The van der Waals surface area contributed by atoms with Crippen LogP contribution in [0.5, 0.6) is 17.2 Å². The van der Waals surface area contributed by atoms with E-state index >= 15 is 0 Å². The number of Topliss-reactive ketones (excluding diaryl/α,β-unsaturated/α-hetero) is 1. The van der Waals surface area contributed by atoms with Gasteiger partial charge in [-0.05, 0) is 103 Å². The molecule has 0 fully saturated rings. The Hall–Kier alpha value is -3.61. The third-order valence-corrected chi connectivity index (χ3v) is 5.61. The van der Waals surface area contributed by atoms with Gasteiger partial charge in [0, 0.05) is 17.2 Å². The molecule has 0 aliphatic heterocycles. The number of carbonyl (C=O) groups is 3. The van der Waals surface area contributed by atoms with E-state index in [-0.39, 0.29) is 35.5 Å². The molecule has 0 N–H and O–H groups in total. The second-order valence-corrected chi connectivity index (χ2v) is 12.1. The zero-order valence-corrected chi connectivity index (χ0v) is 25.1. The molecule has 7 nitrogen and oxygen atoms in total. The summed E-state index contributed by atoms with van der Waals surface area (Å²) >= 11 is 0. The fourth-order valence-corrected chi connectivity index (χ4v) is 3.29. The fourth-order valence-electron chi connectivity index (χ4n) is 3.29. The fraction of sp³-hybridized carbons (Fsp3) is 0.469. The zero-order valence-electron chi connectivity index (χ0n) is 25.1. The number of benzene rings is 2. The van der Waals surface area contributed by atoms with Crippen molar-refractivity contribution in [2.75, 3.05) is 7.11 Å². The van der Waals surface area contributed by atoms with Gasteiger partial charge in [-0.15, -0.1) is 0 Å². The van der Waals surface area contributed by atoms with Crippen LogP contribution in [0, 0.1) is 10.8 Å². The topological polar surface area (TPSA) is 88.1 Å². The van der Waals surface area contributed by atoms with Crippen LogP contribution in [0.1, 0.15) is 96.6 Å². The van der Waals surface area contributed by atoms with E-state index in [4.69, 9.17) is 18.9 Å². The number of carbonyl (C=O) groups excluding carboxylic acids is 3. The first-order valence-electron chi connectivity index (χ1n) is 13.1. The molecule has 0 aromatic heterocycles. The third kappa shape index (κ3) is 8.70. The van der Waals surface area contributed by atoms with Crippen LogP contribution < -0.4 is 14.2 Å². The third-order valence-electron chi connectivity index (χ3n) is 5.61. The predicted molar refractivity (Wildman–Crippen MR) is 152 cm³/mol. The van der Waals surface area contributed by atoms with Crippen LogP contribution in [0.15, 0.2) is 42.2 Å². The minimum Gasteiger partial charge on any atom is -0.493 e. The maximum absolute atomic E-state index is 13.3. The number of rotatable bonds is 9. The molecular weight excluding hydrogens is 496 g/mol. The van der Waals surface area contributed by atoms with Gasteiger partial charge in [0.15, 0.2) is 5.76 Å². The van der Waals surface area contributed by atoms with Crippen LogP contribution >= 0.6 is 0 Å². The highest BCUT2D eigenvalue weighted by molar-refractivity contribution is 6.10. The van der Waals surface area contributed by atoms with Crippen LogP contribution in [-0.2, 0) is 14.3 Å². The van der Waals surface area contributed by atoms with Crippen molar-refractivity contribution in [2.24, 2.45) is 10.8 Å². The van der Waals surface area contributed by atoms with E-state index in [9.17, 15) is 14.4 Å². The summed E-state index contributed by atoms with van der Waals surface area (Å²) in [4.78, 5) is 38.2. The summed E-state index contributed by atoms with van der Waals surface area (Å²) in [6.07, 6.45) is 1.45. The molecule has 0 unspecified atom stereocenters. The van der Waals surface area contributed by atoms with Crippen LogP contribution in [-0.4, -0.2) is 30.9 Å². The summed E-state index contributed by atoms with van der Waals surface area (Å²) in [5.74, 6) is 0.276. The van der Waals surface area contributed by atoms with Gasteiger partial charge >= 0.3 is 11.9 Å². The van der Waals surface area contributed by atoms with Gasteiger partial charge in [0.05, 0.1) is 24.0 Å². The maximum Gasteiger partial charge on any atom is 0.316 e. The van der Waals surface area contributed by atoms with Crippen molar-refractivity contribution in [3.8, 4) is 17.2 Å². The molecule has 2 aromatic rings. The highest BCUT2D eigenvalue weighted by Gasteiger charge is 2.27. The molecule has 7 heteroatoms. The number of esters is 2. The standard InChI is InChI=1S/C32H42O7/c1-19(2)24-16-22(25(37-20(3)4)18-26(24)39-30(35)32(8,9)10)17-27(36-11)28(33)21-12-14-23(15-13-21)38-29(34)31(5,6)7/h12-20H,1-11H3. The molecule has 0 saturated carbocycles. The summed E-state index contributed by atoms with van der Waals surface area (Å²) in [6.45, 7) is 18.5. The van der Waals surface area contributed by atoms with Crippen molar-refractivity contribution in [2.45, 2.75) is 81.3 Å². The highest BCUT2D eigenvalue weighted by Crippen LogP contribution is 2.37. The first-order valence-corrected chi connectivity index (χ1v) is 13.1. The molecule has 0 saturated heterocycles. The van der Waals surface area contributed by atoms with Crippen LogP contribution in [0.3, 0.4) is 0 Å². The van der Waals surface area contributed by atoms with E-state index in [1.807, 2.05) is 33.8 Å². The van der Waals surface area contributed by atoms with Crippen LogP contribution in [0.25, 0.3) is 6.08 Å². The lowest BCUT2D eigenvalue weighted by Crippen LogP contribution is -2.26. The van der Waals surface area contributed by atoms with E-state index in [2.05, 4.69) is 0 Å². The molecule has 212 valence electrons. The Morgan fingerprint density at radius 1 is 0.769 bits per heavy atom. The summed E-state index contributed by atoms with van der Waals surface area (Å²) in [5, 5.41) is 0. The Balaban J connectivity index is 2.50. The number of hydrogen-bond acceptors (Lipinski definition) is 7. The Labute approximate surface area is 232 Å². The Kier molecular flexibility index (Phi) is 10.1. The molecule has 0 atom stereocenters. The molecule has 2 rings (SSSR count). The lowest BCUT2D eigenvalue weighted by atomic mass is 9.96. The van der Waals surface area contributed by atoms with E-state index in [1.54, 1.807) is 78.0 Å². The van der Waals surface area contributed by atoms with Gasteiger partial charge in [-0.2, -0.15) is 0 Å². The molecule has 0 amide bonds.